The summed E-state index contributed by atoms with van der Waals surface area (Å²) in [5, 5.41) is 1.33. The zero-order valence-electron chi connectivity index (χ0n) is 14.4. The maximum Gasteiger partial charge on any atom is 0.141 e. The fraction of sp³-hybridized carbons (Fsp3) is 0.400. The summed E-state index contributed by atoms with van der Waals surface area (Å²) in [5.74, 6) is 2.09. The molecule has 3 aromatic rings. The van der Waals surface area contributed by atoms with Crippen molar-refractivity contribution < 1.29 is 0 Å². The molecule has 0 spiro atoms. The number of benzene rings is 1. The topological polar surface area (TPSA) is 29.0 Å². The van der Waals surface area contributed by atoms with E-state index in [0.29, 0.717) is 0 Å². The molecule has 0 atom stereocenters. The molecule has 4 rings (SSSR count). The number of aryl methyl sites for hydroxylation is 2. The van der Waals surface area contributed by atoms with Gasteiger partial charge in [-0.2, -0.15) is 0 Å². The summed E-state index contributed by atoms with van der Waals surface area (Å²) in [5.41, 5.74) is 2.79. The molecule has 3 nitrogen and oxygen atoms in total. The van der Waals surface area contributed by atoms with Gasteiger partial charge in [0.05, 0.1) is 5.39 Å². The van der Waals surface area contributed by atoms with E-state index in [4.69, 9.17) is 9.97 Å². The molecule has 1 aromatic carbocycles. The standard InChI is InChI=1S/C20H23N3S/c1-3-23(4-2)19-18-15-11-8-12-16(15)24-20(18)22-17(21-19)13-14-9-6-5-7-10-14/h5-7,9-10H,3-4,8,11-13H2,1-2H3. The quantitative estimate of drug-likeness (QED) is 0.680. The Morgan fingerprint density at radius 1 is 1.04 bits per heavy atom. The van der Waals surface area contributed by atoms with Crippen LogP contribution in [0.4, 0.5) is 5.82 Å². The van der Waals surface area contributed by atoms with Gasteiger partial charge in [-0.25, -0.2) is 9.97 Å². The Morgan fingerprint density at radius 2 is 1.83 bits per heavy atom. The summed E-state index contributed by atoms with van der Waals surface area (Å²) in [7, 11) is 0. The van der Waals surface area contributed by atoms with E-state index in [-0.39, 0.29) is 0 Å². The van der Waals surface area contributed by atoms with Crippen molar-refractivity contribution in [2.45, 2.75) is 39.5 Å². The van der Waals surface area contributed by atoms with Crippen LogP contribution in [-0.2, 0) is 19.3 Å². The lowest BCUT2D eigenvalue weighted by Crippen LogP contribution is -2.24. The number of anilines is 1. The summed E-state index contributed by atoms with van der Waals surface area (Å²) < 4.78 is 0. The van der Waals surface area contributed by atoms with Crippen LogP contribution < -0.4 is 4.90 Å². The van der Waals surface area contributed by atoms with E-state index >= 15 is 0 Å². The molecule has 0 aliphatic heterocycles. The average molecular weight is 337 g/mol. The van der Waals surface area contributed by atoms with E-state index < -0.39 is 0 Å². The molecule has 0 saturated heterocycles. The molecule has 0 unspecified atom stereocenters. The second kappa shape index (κ2) is 6.52. The van der Waals surface area contributed by atoms with Gasteiger partial charge in [-0.1, -0.05) is 30.3 Å². The molecule has 124 valence electrons. The summed E-state index contributed by atoms with van der Waals surface area (Å²) in [6.45, 7) is 6.39. The molecule has 1 aliphatic carbocycles. The van der Waals surface area contributed by atoms with Crippen LogP contribution in [-0.4, -0.2) is 23.1 Å². The summed E-state index contributed by atoms with van der Waals surface area (Å²) in [6, 6.07) is 10.5. The molecule has 2 heterocycles. The average Bonchev–Trinajstić information content (AvgIpc) is 3.17. The second-order valence-electron chi connectivity index (χ2n) is 6.34. The molecule has 0 amide bonds. The molecule has 0 saturated carbocycles. The molecule has 0 radical (unpaired) electrons. The number of nitrogens with zero attached hydrogens (tertiary/aromatic N) is 3. The monoisotopic (exact) mass is 337 g/mol. The fourth-order valence-corrected chi connectivity index (χ4v) is 4.90. The van der Waals surface area contributed by atoms with E-state index in [1.807, 2.05) is 11.3 Å². The van der Waals surface area contributed by atoms with Crippen LogP contribution >= 0.6 is 11.3 Å². The van der Waals surface area contributed by atoms with Gasteiger partial charge in [0.15, 0.2) is 0 Å². The molecule has 24 heavy (non-hydrogen) atoms. The maximum atomic E-state index is 5.01. The number of hydrogen-bond donors (Lipinski definition) is 0. The van der Waals surface area contributed by atoms with Crippen molar-refractivity contribution in [2.24, 2.45) is 0 Å². The molecular weight excluding hydrogens is 314 g/mol. The summed E-state index contributed by atoms with van der Waals surface area (Å²) in [6.07, 6.45) is 4.47. The molecule has 0 fully saturated rings. The Bertz CT molecular complexity index is 850. The van der Waals surface area contributed by atoms with Crippen LogP contribution in [0, 0.1) is 0 Å². The molecule has 4 heteroatoms. The highest BCUT2D eigenvalue weighted by Gasteiger charge is 2.24. The van der Waals surface area contributed by atoms with Gasteiger partial charge in [-0.05, 0) is 44.2 Å². The Kier molecular flexibility index (Phi) is 4.23. The van der Waals surface area contributed by atoms with E-state index in [1.165, 1.54) is 45.5 Å². The third kappa shape index (κ3) is 2.69. The number of thiophene rings is 1. The van der Waals surface area contributed by atoms with Crippen LogP contribution in [0.25, 0.3) is 10.2 Å². The van der Waals surface area contributed by atoms with E-state index in [1.54, 1.807) is 0 Å². The highest BCUT2D eigenvalue weighted by atomic mass is 32.1. The molecule has 1 aliphatic rings. The van der Waals surface area contributed by atoms with Crippen LogP contribution in [0.5, 0.6) is 0 Å². The third-order valence-corrected chi connectivity index (χ3v) is 6.05. The van der Waals surface area contributed by atoms with Crippen LogP contribution in [0.15, 0.2) is 30.3 Å². The molecule has 0 bridgehead atoms. The van der Waals surface area contributed by atoms with E-state index in [2.05, 4.69) is 49.1 Å². The lowest BCUT2D eigenvalue weighted by Gasteiger charge is -2.21. The minimum absolute atomic E-state index is 0.799. The first-order valence-corrected chi connectivity index (χ1v) is 9.71. The van der Waals surface area contributed by atoms with E-state index in [0.717, 1.165) is 31.2 Å². The minimum Gasteiger partial charge on any atom is -0.357 e. The largest absolute Gasteiger partial charge is 0.357 e. The number of fused-ring (bicyclic) bond motifs is 3. The Labute approximate surface area is 147 Å². The highest BCUT2D eigenvalue weighted by molar-refractivity contribution is 7.19. The van der Waals surface area contributed by atoms with Gasteiger partial charge in [-0.15, -0.1) is 11.3 Å². The smallest absolute Gasteiger partial charge is 0.141 e. The zero-order chi connectivity index (χ0) is 16.5. The van der Waals surface area contributed by atoms with Crippen molar-refractivity contribution in [3.8, 4) is 0 Å². The van der Waals surface area contributed by atoms with Crippen molar-refractivity contribution in [1.82, 2.24) is 9.97 Å². The first-order chi connectivity index (χ1) is 11.8. The van der Waals surface area contributed by atoms with Gasteiger partial charge < -0.3 is 4.90 Å². The normalized spacial score (nSPS) is 13.4. The van der Waals surface area contributed by atoms with Gasteiger partial charge in [0.2, 0.25) is 0 Å². The minimum atomic E-state index is 0.799. The first kappa shape index (κ1) is 15.6. The van der Waals surface area contributed by atoms with Crippen LogP contribution in [0.2, 0.25) is 0 Å². The van der Waals surface area contributed by atoms with Crippen molar-refractivity contribution in [1.29, 1.82) is 0 Å². The number of aromatic nitrogens is 2. The number of rotatable bonds is 5. The SMILES string of the molecule is CCN(CC)c1nc(Cc2ccccc2)nc2sc3c(c12)CCC3. The summed E-state index contributed by atoms with van der Waals surface area (Å²) >= 11 is 1.89. The second-order valence-corrected chi connectivity index (χ2v) is 7.42. The van der Waals surface area contributed by atoms with Crippen LogP contribution in [0.1, 0.15) is 42.1 Å². The third-order valence-electron chi connectivity index (χ3n) is 4.86. The lowest BCUT2D eigenvalue weighted by atomic mass is 10.1. The van der Waals surface area contributed by atoms with Gasteiger partial charge in [-0.3, -0.25) is 0 Å². The first-order valence-electron chi connectivity index (χ1n) is 8.90. The van der Waals surface area contributed by atoms with Crippen molar-refractivity contribution in [3.63, 3.8) is 0 Å². The van der Waals surface area contributed by atoms with Crippen molar-refractivity contribution >= 4 is 27.4 Å². The van der Waals surface area contributed by atoms with Gasteiger partial charge in [0.1, 0.15) is 16.5 Å². The van der Waals surface area contributed by atoms with Gasteiger partial charge in [0, 0.05) is 24.4 Å². The van der Waals surface area contributed by atoms with Crippen molar-refractivity contribution in [3.05, 3.63) is 52.2 Å². The summed E-state index contributed by atoms with van der Waals surface area (Å²) in [4.78, 5) is 15.0. The Hall–Kier alpha value is -1.94. The fourth-order valence-electron chi connectivity index (χ4n) is 3.63. The van der Waals surface area contributed by atoms with Crippen molar-refractivity contribution in [2.75, 3.05) is 18.0 Å². The highest BCUT2D eigenvalue weighted by Crippen LogP contribution is 2.40. The number of hydrogen-bond acceptors (Lipinski definition) is 4. The predicted molar refractivity (Wildman–Crippen MR) is 102 cm³/mol. The molecule has 0 N–H and O–H groups in total. The lowest BCUT2D eigenvalue weighted by molar-refractivity contribution is 0.836. The molecule has 2 aromatic heterocycles. The Balaban J connectivity index is 1.85. The maximum absolute atomic E-state index is 5.01. The van der Waals surface area contributed by atoms with Gasteiger partial charge >= 0.3 is 0 Å². The zero-order valence-corrected chi connectivity index (χ0v) is 15.2. The predicted octanol–water partition coefficient (Wildman–Crippen LogP) is 4.62. The Morgan fingerprint density at radius 3 is 2.58 bits per heavy atom. The van der Waals surface area contributed by atoms with Crippen LogP contribution in [0.3, 0.4) is 0 Å². The van der Waals surface area contributed by atoms with E-state index in [9.17, 15) is 0 Å². The van der Waals surface area contributed by atoms with Gasteiger partial charge in [0.25, 0.3) is 0 Å². The molecular formula is C20H23N3S.